The molecule has 0 aromatic heterocycles. The fourth-order valence-electron chi connectivity index (χ4n) is 2.03. The van der Waals surface area contributed by atoms with E-state index < -0.39 is 5.97 Å². The lowest BCUT2D eigenvalue weighted by Crippen LogP contribution is -2.16. The van der Waals surface area contributed by atoms with E-state index in [-0.39, 0.29) is 19.0 Å². The third-order valence-electron chi connectivity index (χ3n) is 3.20. The van der Waals surface area contributed by atoms with Crippen LogP contribution in [0.5, 0.6) is 5.75 Å². The Hall–Kier alpha value is -1.46. The van der Waals surface area contributed by atoms with E-state index in [0.29, 0.717) is 22.3 Å². The van der Waals surface area contributed by atoms with Crippen LogP contribution in [0.25, 0.3) is 0 Å². The molecule has 0 fully saturated rings. The zero-order valence-electron chi connectivity index (χ0n) is 12.8. The van der Waals surface area contributed by atoms with Gasteiger partial charge in [0.1, 0.15) is 5.75 Å². The summed E-state index contributed by atoms with van der Waals surface area (Å²) in [7, 11) is 0. The Balaban J connectivity index is 0.00000288. The maximum atomic E-state index is 10.4. The summed E-state index contributed by atoms with van der Waals surface area (Å²) in [5.74, 6) is -0.444. The van der Waals surface area contributed by atoms with Crippen molar-refractivity contribution >= 4 is 41.6 Å². The molecule has 0 spiro atoms. The predicted molar refractivity (Wildman–Crippen MR) is 98.7 cm³/mol. The van der Waals surface area contributed by atoms with Crippen molar-refractivity contribution in [3.63, 3.8) is 0 Å². The molecular weight excluding hydrogens is 373 g/mol. The first-order valence-electron chi connectivity index (χ1n) is 7.13. The van der Waals surface area contributed by atoms with Gasteiger partial charge in [0.05, 0.1) is 0 Å². The van der Waals surface area contributed by atoms with Gasteiger partial charge >= 0.3 is 5.97 Å². The van der Waals surface area contributed by atoms with Crippen LogP contribution in [0.2, 0.25) is 10.0 Å². The second-order valence-corrected chi connectivity index (χ2v) is 5.83. The first-order valence-corrected chi connectivity index (χ1v) is 7.88. The van der Waals surface area contributed by atoms with Gasteiger partial charge in [-0.2, -0.15) is 0 Å². The van der Waals surface area contributed by atoms with E-state index >= 15 is 0 Å². The SMILES string of the molecule is Cl.O=C(O)COc1ccc(CNCCc2ccc(Cl)cc2Cl)cc1. The molecule has 24 heavy (non-hydrogen) atoms. The van der Waals surface area contributed by atoms with Crippen LogP contribution >= 0.6 is 35.6 Å². The lowest BCUT2D eigenvalue weighted by molar-refractivity contribution is -0.139. The summed E-state index contributed by atoms with van der Waals surface area (Å²) in [4.78, 5) is 10.4. The second kappa shape index (κ2) is 10.4. The summed E-state index contributed by atoms with van der Waals surface area (Å²) < 4.78 is 5.08. The van der Waals surface area contributed by atoms with Crippen LogP contribution in [0.3, 0.4) is 0 Å². The third kappa shape index (κ3) is 6.97. The van der Waals surface area contributed by atoms with Crippen LogP contribution in [0.4, 0.5) is 0 Å². The Morgan fingerprint density at radius 3 is 2.46 bits per heavy atom. The highest BCUT2D eigenvalue weighted by molar-refractivity contribution is 6.35. The monoisotopic (exact) mass is 389 g/mol. The van der Waals surface area contributed by atoms with Crippen molar-refractivity contribution in [2.75, 3.05) is 13.2 Å². The first-order chi connectivity index (χ1) is 11.0. The molecule has 2 N–H and O–H groups in total. The number of hydrogen-bond donors (Lipinski definition) is 2. The Morgan fingerprint density at radius 2 is 1.83 bits per heavy atom. The van der Waals surface area contributed by atoms with Gasteiger partial charge in [0.25, 0.3) is 0 Å². The number of nitrogens with one attached hydrogen (secondary N) is 1. The van der Waals surface area contributed by atoms with E-state index in [1.54, 1.807) is 18.2 Å². The number of aliphatic carboxylic acids is 1. The van der Waals surface area contributed by atoms with Crippen molar-refractivity contribution in [1.82, 2.24) is 5.32 Å². The molecule has 2 aromatic carbocycles. The molecule has 4 nitrogen and oxygen atoms in total. The largest absolute Gasteiger partial charge is 0.482 e. The topological polar surface area (TPSA) is 58.6 Å². The Kier molecular flexibility index (Phi) is 8.93. The summed E-state index contributed by atoms with van der Waals surface area (Å²) >= 11 is 12.0. The molecule has 2 aromatic rings. The normalized spacial score (nSPS) is 10.1. The van der Waals surface area contributed by atoms with Crippen LogP contribution in [0.1, 0.15) is 11.1 Å². The maximum absolute atomic E-state index is 10.4. The molecule has 0 heterocycles. The number of ether oxygens (including phenoxy) is 1. The number of hydrogen-bond acceptors (Lipinski definition) is 3. The molecule has 0 aliphatic carbocycles. The molecule has 2 rings (SSSR count). The zero-order chi connectivity index (χ0) is 16.7. The van der Waals surface area contributed by atoms with Crippen LogP contribution in [-0.2, 0) is 17.8 Å². The smallest absolute Gasteiger partial charge is 0.341 e. The average molecular weight is 391 g/mol. The lowest BCUT2D eigenvalue weighted by atomic mass is 10.1. The van der Waals surface area contributed by atoms with E-state index in [4.69, 9.17) is 33.0 Å². The van der Waals surface area contributed by atoms with Gasteiger partial charge in [0.15, 0.2) is 6.61 Å². The predicted octanol–water partition coefficient (Wildman–Crippen LogP) is 4.21. The molecule has 130 valence electrons. The van der Waals surface area contributed by atoms with Crippen molar-refractivity contribution in [3.8, 4) is 5.75 Å². The van der Waals surface area contributed by atoms with Gasteiger partial charge in [-0.1, -0.05) is 41.4 Å². The quantitative estimate of drug-likeness (QED) is 0.663. The van der Waals surface area contributed by atoms with Gasteiger partial charge in [-0.15, -0.1) is 12.4 Å². The minimum absolute atomic E-state index is 0. The van der Waals surface area contributed by atoms with Gasteiger partial charge in [-0.3, -0.25) is 0 Å². The van der Waals surface area contributed by atoms with Gasteiger partial charge in [-0.05, 0) is 48.4 Å². The maximum Gasteiger partial charge on any atom is 0.341 e. The van der Waals surface area contributed by atoms with Crippen LogP contribution in [0, 0.1) is 0 Å². The molecule has 7 heteroatoms. The molecule has 0 saturated carbocycles. The Bertz CT molecular complexity index is 663. The van der Waals surface area contributed by atoms with Gasteiger partial charge in [-0.25, -0.2) is 4.79 Å². The number of carboxylic acid groups (broad SMARTS) is 1. The molecule has 0 bridgehead atoms. The van der Waals surface area contributed by atoms with Crippen molar-refractivity contribution in [3.05, 3.63) is 63.6 Å². The minimum atomic E-state index is -0.989. The highest BCUT2D eigenvalue weighted by Crippen LogP contribution is 2.21. The molecule has 0 aliphatic heterocycles. The van der Waals surface area contributed by atoms with Crippen LogP contribution < -0.4 is 10.1 Å². The Morgan fingerprint density at radius 1 is 1.12 bits per heavy atom. The number of halogens is 3. The fourth-order valence-corrected chi connectivity index (χ4v) is 2.53. The molecule has 0 radical (unpaired) electrons. The summed E-state index contributed by atoms with van der Waals surface area (Å²) in [5.41, 5.74) is 2.15. The summed E-state index contributed by atoms with van der Waals surface area (Å²) in [5, 5.41) is 13.2. The van der Waals surface area contributed by atoms with Gasteiger partial charge in [0.2, 0.25) is 0 Å². The molecule has 0 unspecified atom stereocenters. The first kappa shape index (κ1) is 20.6. The number of carbonyl (C=O) groups is 1. The molecular formula is C17H18Cl3NO3. The van der Waals surface area contributed by atoms with Crippen molar-refractivity contribution in [1.29, 1.82) is 0 Å². The summed E-state index contributed by atoms with van der Waals surface area (Å²) in [6.45, 7) is 1.17. The molecule has 0 atom stereocenters. The summed E-state index contributed by atoms with van der Waals surface area (Å²) in [6, 6.07) is 12.8. The van der Waals surface area contributed by atoms with E-state index in [2.05, 4.69) is 5.32 Å². The highest BCUT2D eigenvalue weighted by atomic mass is 35.5. The van der Waals surface area contributed by atoms with Crippen molar-refractivity contribution in [2.45, 2.75) is 13.0 Å². The van der Waals surface area contributed by atoms with Crippen LogP contribution in [-0.4, -0.2) is 24.2 Å². The Labute approximate surface area is 157 Å². The molecule has 0 saturated heterocycles. The average Bonchev–Trinajstić information content (AvgIpc) is 2.52. The fraction of sp³-hybridized carbons (Fsp3) is 0.235. The summed E-state index contributed by atoms with van der Waals surface area (Å²) in [6.07, 6.45) is 0.815. The second-order valence-electron chi connectivity index (χ2n) is 4.99. The standard InChI is InChI=1S/C17H17Cl2NO3.ClH/c18-14-4-3-13(16(19)9-14)7-8-20-10-12-1-5-15(6-2-12)23-11-17(21)22;/h1-6,9,20H,7-8,10-11H2,(H,21,22);1H. The zero-order valence-corrected chi connectivity index (χ0v) is 15.1. The number of rotatable bonds is 8. The number of carboxylic acids is 1. The van der Waals surface area contributed by atoms with Crippen LogP contribution in [0.15, 0.2) is 42.5 Å². The molecule has 0 amide bonds. The van der Waals surface area contributed by atoms with E-state index in [1.807, 2.05) is 24.3 Å². The van der Waals surface area contributed by atoms with Crippen molar-refractivity contribution in [2.24, 2.45) is 0 Å². The van der Waals surface area contributed by atoms with E-state index in [0.717, 1.165) is 24.1 Å². The van der Waals surface area contributed by atoms with E-state index in [9.17, 15) is 4.79 Å². The molecule has 0 aliphatic rings. The highest BCUT2D eigenvalue weighted by Gasteiger charge is 2.02. The van der Waals surface area contributed by atoms with E-state index in [1.165, 1.54) is 0 Å². The van der Waals surface area contributed by atoms with Gasteiger partial charge < -0.3 is 15.2 Å². The lowest BCUT2D eigenvalue weighted by Gasteiger charge is -2.08. The minimum Gasteiger partial charge on any atom is -0.482 e. The third-order valence-corrected chi connectivity index (χ3v) is 3.79. The van der Waals surface area contributed by atoms with Crippen molar-refractivity contribution < 1.29 is 14.6 Å². The number of benzene rings is 2. The van der Waals surface area contributed by atoms with Gasteiger partial charge in [0, 0.05) is 16.6 Å².